The minimum Gasteiger partial charge on any atom is -0.503 e. The van der Waals surface area contributed by atoms with Gasteiger partial charge in [0.05, 0.1) is 17.3 Å². The summed E-state index contributed by atoms with van der Waals surface area (Å²) in [6.45, 7) is 6.83. The fourth-order valence-electron chi connectivity index (χ4n) is 3.68. The summed E-state index contributed by atoms with van der Waals surface area (Å²) in [5, 5.41) is 17.4. The van der Waals surface area contributed by atoms with Crippen LogP contribution in [0.5, 0.6) is 5.75 Å². The first-order valence-corrected chi connectivity index (χ1v) is 11.9. The number of sulfonamides is 1. The summed E-state index contributed by atoms with van der Waals surface area (Å²) in [6.07, 6.45) is 3.46. The van der Waals surface area contributed by atoms with Gasteiger partial charge in [0, 0.05) is 29.1 Å². The molecule has 10 nitrogen and oxygen atoms in total. The largest absolute Gasteiger partial charge is 0.503 e. The number of nitrogens with zero attached hydrogens (tertiary/aromatic N) is 4. The fourth-order valence-corrected chi connectivity index (χ4v) is 5.15. The Balaban J connectivity index is 1.74. The molecule has 1 fully saturated rings. The quantitative estimate of drug-likeness (QED) is 0.479. The third-order valence-corrected chi connectivity index (χ3v) is 6.93. The van der Waals surface area contributed by atoms with Crippen molar-refractivity contribution in [1.82, 2.24) is 24.9 Å². The summed E-state index contributed by atoms with van der Waals surface area (Å²) in [5.41, 5.74) is -0.171. The normalized spacial score (nSPS) is 18.2. The van der Waals surface area contributed by atoms with Crippen molar-refractivity contribution in [3.8, 4) is 17.1 Å². The van der Waals surface area contributed by atoms with E-state index in [1.54, 1.807) is 57.0 Å². The number of aromatic nitrogens is 4. The van der Waals surface area contributed by atoms with Crippen molar-refractivity contribution < 1.29 is 18.3 Å². The average molecular weight is 471 g/mol. The van der Waals surface area contributed by atoms with Gasteiger partial charge in [-0.3, -0.25) is 9.89 Å². The highest BCUT2D eigenvalue weighted by atomic mass is 32.2. The first kappa shape index (κ1) is 22.9. The number of benzene rings is 1. The predicted octanol–water partition coefficient (Wildman–Crippen LogP) is 2.76. The highest BCUT2D eigenvalue weighted by molar-refractivity contribution is 7.89. The van der Waals surface area contributed by atoms with Crippen LogP contribution in [-0.4, -0.2) is 51.1 Å². The molecule has 3 N–H and O–H groups in total. The molecule has 0 bridgehead atoms. The SMILES string of the molecule is CC(=O)C1CC1N(c1ccn[nH]1)c1nc(-c2cccc(S(=O)(=O)NC(C)(C)C)c2)ncc1O. The van der Waals surface area contributed by atoms with E-state index in [0.29, 0.717) is 17.8 Å². The number of carbonyl (C=O) groups excluding carboxylic acids is 1. The molecule has 2 unspecified atom stereocenters. The van der Waals surface area contributed by atoms with Crippen molar-refractivity contribution in [3.63, 3.8) is 0 Å². The molecule has 0 saturated heterocycles. The number of aromatic amines is 1. The molecule has 1 aromatic carbocycles. The van der Waals surface area contributed by atoms with Crippen LogP contribution >= 0.6 is 0 Å². The lowest BCUT2D eigenvalue weighted by Gasteiger charge is -2.23. The summed E-state index contributed by atoms with van der Waals surface area (Å²) in [7, 11) is -3.75. The Morgan fingerprint density at radius 3 is 2.64 bits per heavy atom. The standard InChI is InChI=1S/C22H26N6O4S/c1-13(29)16-11-17(16)28(19-8-9-24-26-19)21-18(30)12-23-20(25-21)14-6-5-7-15(10-14)33(31,32)27-22(2,3)4/h5-10,12,16-17,27,30H,11H2,1-4H3,(H,24,26). The van der Waals surface area contributed by atoms with Gasteiger partial charge >= 0.3 is 0 Å². The summed E-state index contributed by atoms with van der Waals surface area (Å²) >= 11 is 0. The molecule has 3 aromatic rings. The smallest absolute Gasteiger partial charge is 0.241 e. The summed E-state index contributed by atoms with van der Waals surface area (Å²) in [4.78, 5) is 22.5. The first-order chi connectivity index (χ1) is 15.5. The Morgan fingerprint density at radius 1 is 1.27 bits per heavy atom. The van der Waals surface area contributed by atoms with Crippen molar-refractivity contribution in [2.45, 2.75) is 50.6 Å². The summed E-state index contributed by atoms with van der Waals surface area (Å²) < 4.78 is 28.2. The summed E-state index contributed by atoms with van der Waals surface area (Å²) in [6, 6.07) is 7.84. The molecule has 4 rings (SSSR count). The van der Waals surface area contributed by atoms with Gasteiger partial charge < -0.3 is 10.0 Å². The number of anilines is 2. The zero-order valence-corrected chi connectivity index (χ0v) is 19.6. The van der Waals surface area contributed by atoms with Crippen LogP contribution in [0.1, 0.15) is 34.1 Å². The van der Waals surface area contributed by atoms with Gasteiger partial charge in [0.25, 0.3) is 0 Å². The molecule has 2 heterocycles. The molecular weight excluding hydrogens is 444 g/mol. The Morgan fingerprint density at radius 2 is 2.03 bits per heavy atom. The lowest BCUT2D eigenvalue weighted by molar-refractivity contribution is -0.118. The number of hydrogen-bond acceptors (Lipinski definition) is 8. The molecule has 1 aliphatic carbocycles. The number of H-pyrrole nitrogens is 1. The monoisotopic (exact) mass is 470 g/mol. The van der Waals surface area contributed by atoms with E-state index < -0.39 is 15.6 Å². The molecule has 2 atom stereocenters. The number of nitrogens with one attached hydrogen (secondary N) is 2. The van der Waals surface area contributed by atoms with E-state index in [4.69, 9.17) is 0 Å². The second-order valence-electron chi connectivity index (χ2n) is 9.12. The number of ketones is 1. The molecule has 0 radical (unpaired) electrons. The van der Waals surface area contributed by atoms with Crippen molar-refractivity contribution in [2.24, 2.45) is 5.92 Å². The maximum atomic E-state index is 12.8. The topological polar surface area (TPSA) is 141 Å². The number of hydrogen-bond donors (Lipinski definition) is 3. The van der Waals surface area contributed by atoms with Gasteiger partial charge in [-0.2, -0.15) is 5.10 Å². The third-order valence-electron chi connectivity index (χ3n) is 5.18. The minimum atomic E-state index is -3.75. The zero-order chi connectivity index (χ0) is 24.0. The zero-order valence-electron chi connectivity index (χ0n) is 18.8. The molecule has 0 spiro atoms. The van der Waals surface area contributed by atoms with Gasteiger partial charge in [0.1, 0.15) is 11.6 Å². The number of carbonyl (C=O) groups is 1. The average Bonchev–Trinajstić information content (AvgIpc) is 3.33. The summed E-state index contributed by atoms with van der Waals surface area (Å²) in [5.74, 6) is 0.736. The van der Waals surface area contributed by atoms with E-state index >= 15 is 0 Å². The number of aromatic hydroxyl groups is 1. The molecular formula is C22H26N6O4S. The minimum absolute atomic E-state index is 0.0579. The highest BCUT2D eigenvalue weighted by Crippen LogP contribution is 2.44. The Labute approximate surface area is 192 Å². The van der Waals surface area contributed by atoms with Crippen LogP contribution in [0.15, 0.2) is 47.6 Å². The maximum Gasteiger partial charge on any atom is 0.241 e. The van der Waals surface area contributed by atoms with Gasteiger partial charge in [0.15, 0.2) is 17.4 Å². The van der Waals surface area contributed by atoms with Crippen LogP contribution in [0.3, 0.4) is 0 Å². The van der Waals surface area contributed by atoms with Crippen LogP contribution < -0.4 is 9.62 Å². The van der Waals surface area contributed by atoms with Crippen LogP contribution in [0.25, 0.3) is 11.4 Å². The molecule has 2 aromatic heterocycles. The van der Waals surface area contributed by atoms with E-state index in [0.717, 1.165) is 0 Å². The van der Waals surface area contributed by atoms with E-state index in [-0.39, 0.29) is 40.0 Å². The first-order valence-electron chi connectivity index (χ1n) is 10.5. The molecule has 0 aliphatic heterocycles. The van der Waals surface area contributed by atoms with E-state index in [2.05, 4.69) is 24.9 Å². The number of rotatable bonds is 7. The Bertz CT molecular complexity index is 1280. The van der Waals surface area contributed by atoms with Crippen LogP contribution in [0.4, 0.5) is 11.6 Å². The van der Waals surface area contributed by atoms with Crippen LogP contribution in [-0.2, 0) is 14.8 Å². The lowest BCUT2D eigenvalue weighted by Crippen LogP contribution is -2.40. The molecule has 33 heavy (non-hydrogen) atoms. The van der Waals surface area contributed by atoms with Crippen LogP contribution in [0.2, 0.25) is 0 Å². The van der Waals surface area contributed by atoms with Gasteiger partial charge in [-0.15, -0.1) is 0 Å². The Kier molecular flexibility index (Phi) is 5.71. The van der Waals surface area contributed by atoms with Crippen molar-refractivity contribution in [2.75, 3.05) is 4.90 Å². The molecule has 1 aliphatic rings. The third kappa shape index (κ3) is 4.88. The molecule has 1 saturated carbocycles. The fraction of sp³-hybridized carbons (Fsp3) is 0.364. The predicted molar refractivity (Wildman–Crippen MR) is 123 cm³/mol. The van der Waals surface area contributed by atoms with Crippen molar-refractivity contribution in [1.29, 1.82) is 0 Å². The molecule has 11 heteroatoms. The van der Waals surface area contributed by atoms with Crippen LogP contribution in [0, 0.1) is 5.92 Å². The molecule has 0 amide bonds. The van der Waals surface area contributed by atoms with E-state index in [1.807, 2.05) is 0 Å². The lowest BCUT2D eigenvalue weighted by atomic mass is 10.1. The second-order valence-corrected chi connectivity index (χ2v) is 10.8. The Hall–Kier alpha value is -3.31. The number of Topliss-reactive ketones (excluding diaryl/α,β-unsaturated/α-hetero) is 1. The van der Waals surface area contributed by atoms with Gasteiger partial charge in [0.2, 0.25) is 10.0 Å². The van der Waals surface area contributed by atoms with E-state index in [1.165, 1.54) is 18.3 Å². The van der Waals surface area contributed by atoms with Crippen molar-refractivity contribution >= 4 is 27.4 Å². The second kappa shape index (κ2) is 8.23. The molecule has 174 valence electrons. The van der Waals surface area contributed by atoms with E-state index in [9.17, 15) is 18.3 Å². The van der Waals surface area contributed by atoms with Gasteiger partial charge in [-0.25, -0.2) is 23.1 Å². The van der Waals surface area contributed by atoms with Gasteiger partial charge in [-0.05, 0) is 46.2 Å². The highest BCUT2D eigenvalue weighted by Gasteiger charge is 2.47. The van der Waals surface area contributed by atoms with Crippen molar-refractivity contribution in [3.05, 3.63) is 42.7 Å². The van der Waals surface area contributed by atoms with Gasteiger partial charge in [-0.1, -0.05) is 12.1 Å². The maximum absolute atomic E-state index is 12.8.